The van der Waals surface area contributed by atoms with Crippen molar-refractivity contribution in [2.75, 3.05) is 9.80 Å². The highest BCUT2D eigenvalue weighted by atomic mass is 15.2. The molecule has 2 aliphatic rings. The molecule has 0 bridgehead atoms. The second-order valence-corrected chi connectivity index (χ2v) is 36.8. The standard InChI is InChI=1S/C110H98BN5/c1-106(2,3)75-51-56-94-88(64-75)89-65-76(107(4,5)6)52-57-95(89)114(94)96-48-32-44-84-85-45-33-49-97(105(85)113(104(84)96)80-40-26-19-27-41-80)115-99-68-81(112-92-46-30-28-42-82(92)83-43-29-31-47-93(83)112)53-55-91(99)111-90-54-50-72(69-34-20-16-21-35-69)60-98(90)116(101-62-74(61-100(115)102(101)111)73-58-77(108(7,8)9)63-78(59-73)109(10,11)12)103-86(70-36-22-17-23-37-70)66-79(110(13,14)15)67-87(103)71-38-24-18-25-39-71/h16-68H,1-15H3/i16D,20D,21D,28D,29D,30D,31D,34D,35D,42D,43D,46D,47D. The molecule has 0 N–H and O–H groups in total. The van der Waals surface area contributed by atoms with Crippen molar-refractivity contribution in [2.45, 2.75) is 131 Å². The molecule has 20 rings (SSSR count). The van der Waals surface area contributed by atoms with Crippen LogP contribution >= 0.6 is 0 Å². The Morgan fingerprint density at radius 1 is 0.250 bits per heavy atom. The summed E-state index contributed by atoms with van der Waals surface area (Å²) in [5.41, 5.74) is 22.9. The highest BCUT2D eigenvalue weighted by Crippen LogP contribution is 2.55. The lowest BCUT2D eigenvalue weighted by Crippen LogP contribution is -2.61. The molecule has 566 valence electrons. The second-order valence-electron chi connectivity index (χ2n) is 36.8. The summed E-state index contributed by atoms with van der Waals surface area (Å²) in [5.74, 6) is 0. The van der Waals surface area contributed by atoms with E-state index in [1.54, 1.807) is 4.57 Å². The molecule has 0 spiro atoms. The Kier molecular flexibility index (Phi) is 13.5. The topological polar surface area (TPSA) is 21.3 Å². The number of benzene rings is 15. The van der Waals surface area contributed by atoms with Crippen LogP contribution in [0.25, 0.3) is 127 Å². The van der Waals surface area contributed by atoms with Crippen LogP contribution in [0.4, 0.5) is 34.1 Å². The third kappa shape index (κ3) is 11.7. The summed E-state index contributed by atoms with van der Waals surface area (Å²) >= 11 is 0. The molecular formula is C110H98BN5. The maximum absolute atomic E-state index is 10.0. The fourth-order valence-corrected chi connectivity index (χ4v) is 18.1. The van der Waals surface area contributed by atoms with E-state index in [-0.39, 0.29) is 61.1 Å². The Balaban J connectivity index is 1.01. The van der Waals surface area contributed by atoms with Crippen LogP contribution in [-0.2, 0) is 27.1 Å². The average Bonchev–Trinajstić information content (AvgIpc) is 1.56. The molecule has 0 saturated carbocycles. The Morgan fingerprint density at radius 2 is 0.698 bits per heavy atom. The van der Waals surface area contributed by atoms with Crippen molar-refractivity contribution in [3.63, 3.8) is 0 Å². The van der Waals surface area contributed by atoms with Crippen LogP contribution < -0.4 is 26.2 Å². The van der Waals surface area contributed by atoms with Gasteiger partial charge < -0.3 is 23.5 Å². The summed E-state index contributed by atoms with van der Waals surface area (Å²) in [5, 5.41) is 4.06. The van der Waals surface area contributed by atoms with Crippen molar-refractivity contribution in [1.82, 2.24) is 13.7 Å². The van der Waals surface area contributed by atoms with E-state index in [4.69, 9.17) is 1.37 Å². The lowest BCUT2D eigenvalue weighted by atomic mass is 9.33. The molecular weight excluding hydrogens is 1400 g/mol. The lowest BCUT2D eigenvalue weighted by molar-refractivity contribution is 0.569. The van der Waals surface area contributed by atoms with Crippen molar-refractivity contribution in [3.05, 3.63) is 349 Å². The highest BCUT2D eigenvalue weighted by molar-refractivity contribution is 7.00. The molecule has 15 aromatic carbocycles. The molecule has 3 aromatic heterocycles. The number of para-hydroxylation sites is 5. The van der Waals surface area contributed by atoms with Gasteiger partial charge in [-0.25, -0.2) is 0 Å². The summed E-state index contributed by atoms with van der Waals surface area (Å²) in [4.78, 5) is 4.77. The largest absolute Gasteiger partial charge is 0.310 e. The molecule has 0 saturated heterocycles. The SMILES string of the molecule is [2H]c1c([2H])c([2H])c(-c2ccc3c(c2)N(c2c(-c4ccccc4)cc(C(C)(C)C)cc2-c2ccccc2)c2cc(-c4cc(C(C)(C)C)cc(C(C)(C)C)c4)cc4c2B3c2ccc(-n3c5c([2H])c([2H])c([2H])c([2H])c5c5c([2H])c([2H])c([2H])c([2H])c53)cc2N4c2cccc3c4cccc(-n5c6ccc(C(C)(C)C)cc6c6cc(C(C)(C)C)ccc65)c4n(-c4ccccc4)c23)c([2H])c1[2H]. The molecule has 5 nitrogen and oxygen atoms in total. The van der Waals surface area contributed by atoms with Crippen LogP contribution in [0.2, 0.25) is 0 Å². The van der Waals surface area contributed by atoms with E-state index in [0.29, 0.717) is 22.6 Å². The van der Waals surface area contributed by atoms with Gasteiger partial charge in [-0.2, -0.15) is 0 Å². The monoisotopic (exact) mass is 1510 g/mol. The van der Waals surface area contributed by atoms with Gasteiger partial charge in [0, 0.05) is 77.6 Å². The van der Waals surface area contributed by atoms with E-state index < -0.39 is 78.6 Å². The van der Waals surface area contributed by atoms with E-state index in [1.807, 2.05) is 42.5 Å². The van der Waals surface area contributed by atoms with Crippen LogP contribution in [-0.4, -0.2) is 20.4 Å². The Morgan fingerprint density at radius 3 is 1.23 bits per heavy atom. The first kappa shape index (κ1) is 59.1. The van der Waals surface area contributed by atoms with Crippen molar-refractivity contribution >= 4 is 123 Å². The van der Waals surface area contributed by atoms with Gasteiger partial charge >= 0.3 is 0 Å². The predicted molar refractivity (Wildman–Crippen MR) is 499 cm³/mol. The van der Waals surface area contributed by atoms with Crippen LogP contribution in [0.1, 0.15) is 149 Å². The van der Waals surface area contributed by atoms with Gasteiger partial charge in [0.1, 0.15) is 0 Å². The smallest absolute Gasteiger partial charge is 0.252 e. The molecule has 0 aliphatic carbocycles. The molecule has 2 aliphatic heterocycles. The number of fused-ring (bicyclic) bond motifs is 13. The first-order chi connectivity index (χ1) is 61.1. The van der Waals surface area contributed by atoms with E-state index >= 15 is 0 Å². The third-order valence-electron chi connectivity index (χ3n) is 24.3. The molecule has 0 unspecified atom stereocenters. The number of aromatic nitrogens is 3. The summed E-state index contributed by atoms with van der Waals surface area (Å²) in [6.45, 7) is 33.0. The van der Waals surface area contributed by atoms with Gasteiger partial charge in [-0.15, -0.1) is 0 Å². The molecule has 5 heterocycles. The quantitative estimate of drug-likeness (QED) is 0.134. The van der Waals surface area contributed by atoms with Crippen LogP contribution in [0.5, 0.6) is 0 Å². The van der Waals surface area contributed by atoms with Crippen LogP contribution in [0, 0.1) is 0 Å². The van der Waals surface area contributed by atoms with E-state index in [9.17, 15) is 16.4 Å². The molecule has 0 fully saturated rings. The molecule has 116 heavy (non-hydrogen) atoms. The maximum Gasteiger partial charge on any atom is 0.252 e. The van der Waals surface area contributed by atoms with Crippen LogP contribution in [0.3, 0.4) is 0 Å². The first-order valence-corrected chi connectivity index (χ1v) is 40.4. The lowest BCUT2D eigenvalue weighted by Gasteiger charge is -2.45. The van der Waals surface area contributed by atoms with Gasteiger partial charge in [0.05, 0.1) is 68.0 Å². The van der Waals surface area contributed by atoms with E-state index in [0.717, 1.165) is 144 Å². The van der Waals surface area contributed by atoms with Gasteiger partial charge in [0.15, 0.2) is 0 Å². The number of hydrogen-bond donors (Lipinski definition) is 0. The fourth-order valence-electron chi connectivity index (χ4n) is 18.1. The van der Waals surface area contributed by atoms with Crippen molar-refractivity contribution in [1.29, 1.82) is 0 Å². The van der Waals surface area contributed by atoms with Crippen molar-refractivity contribution < 1.29 is 17.8 Å². The van der Waals surface area contributed by atoms with Gasteiger partial charge in [0.25, 0.3) is 6.71 Å². The normalized spacial score (nSPS) is 14.8. The molecule has 6 heteroatoms. The molecule has 0 amide bonds. The fraction of sp³-hybridized carbons (Fsp3) is 0.182. The Hall–Kier alpha value is -12.6. The summed E-state index contributed by atoms with van der Waals surface area (Å²) in [7, 11) is 0. The predicted octanol–water partition coefficient (Wildman–Crippen LogP) is 28.2. The summed E-state index contributed by atoms with van der Waals surface area (Å²) < 4.78 is 130. The summed E-state index contributed by atoms with van der Waals surface area (Å²) in [6, 6.07) is 80.7. The zero-order chi connectivity index (χ0) is 91.1. The average molecular weight is 1510 g/mol. The molecule has 0 radical (unpaired) electrons. The third-order valence-corrected chi connectivity index (χ3v) is 24.3. The van der Waals surface area contributed by atoms with Gasteiger partial charge in [-0.05, 0) is 208 Å². The molecule has 0 atom stereocenters. The number of nitrogens with zero attached hydrogens (tertiary/aromatic N) is 5. The minimum atomic E-state index is -0.739. The molecule has 18 aromatic rings. The maximum atomic E-state index is 10.0. The minimum absolute atomic E-state index is 0.0295. The zero-order valence-corrected chi connectivity index (χ0v) is 68.4. The van der Waals surface area contributed by atoms with Crippen LogP contribution in [0.15, 0.2) is 321 Å². The van der Waals surface area contributed by atoms with E-state index in [1.165, 1.54) is 11.1 Å². The zero-order valence-electron chi connectivity index (χ0n) is 81.4. The minimum Gasteiger partial charge on any atom is -0.310 e. The highest BCUT2D eigenvalue weighted by Gasteiger charge is 2.46. The van der Waals surface area contributed by atoms with Gasteiger partial charge in [-0.3, -0.25) is 0 Å². The van der Waals surface area contributed by atoms with Crippen molar-refractivity contribution in [2.24, 2.45) is 0 Å². The number of anilines is 6. The Bertz CT molecular complexity index is 7600. The second kappa shape index (κ2) is 26.5. The number of rotatable bonds is 9. The van der Waals surface area contributed by atoms with E-state index in [2.05, 4.69) is 323 Å². The first-order valence-electron chi connectivity index (χ1n) is 46.9. The van der Waals surface area contributed by atoms with Gasteiger partial charge in [-0.1, -0.05) is 322 Å². The number of hydrogen-bond acceptors (Lipinski definition) is 2. The van der Waals surface area contributed by atoms with Gasteiger partial charge in [0.2, 0.25) is 0 Å². The summed E-state index contributed by atoms with van der Waals surface area (Å²) in [6.07, 6.45) is 0. The van der Waals surface area contributed by atoms with Crippen molar-refractivity contribution in [3.8, 4) is 61.6 Å². The Labute approximate surface area is 701 Å².